The third kappa shape index (κ3) is 68.5. The highest BCUT2D eigenvalue weighted by molar-refractivity contribution is 5.71. The molecule has 0 saturated carbocycles. The van der Waals surface area contributed by atoms with Gasteiger partial charge in [-0.25, -0.2) is 0 Å². The number of carbonyl (C=O) groups excluding carboxylic acids is 3. The molecule has 83 heavy (non-hydrogen) atoms. The van der Waals surface area contributed by atoms with Crippen molar-refractivity contribution >= 4 is 17.9 Å². The number of carbonyl (C=O) groups is 3. The van der Waals surface area contributed by atoms with Gasteiger partial charge in [0.05, 0.1) is 0 Å². The van der Waals surface area contributed by atoms with Crippen LogP contribution in [0.2, 0.25) is 0 Å². The van der Waals surface area contributed by atoms with Crippen molar-refractivity contribution in [3.05, 3.63) is 122 Å². The minimum absolute atomic E-state index is 0.0856. The molecule has 474 valence electrons. The Morgan fingerprint density at radius 1 is 0.253 bits per heavy atom. The molecule has 0 bridgehead atoms. The molecule has 0 aromatic carbocycles. The number of esters is 3. The Morgan fingerprint density at radius 3 is 0.783 bits per heavy atom. The van der Waals surface area contributed by atoms with E-state index in [-0.39, 0.29) is 31.1 Å². The van der Waals surface area contributed by atoms with Gasteiger partial charge >= 0.3 is 17.9 Å². The van der Waals surface area contributed by atoms with Crippen LogP contribution in [0.3, 0.4) is 0 Å². The zero-order valence-electron chi connectivity index (χ0n) is 54.4. The molecular formula is C77H130O6. The lowest BCUT2D eigenvalue weighted by atomic mass is 10.0. The van der Waals surface area contributed by atoms with E-state index in [4.69, 9.17) is 14.2 Å². The molecule has 1 atom stereocenters. The van der Waals surface area contributed by atoms with Crippen molar-refractivity contribution in [1.82, 2.24) is 0 Å². The van der Waals surface area contributed by atoms with Crippen LogP contribution in [0.15, 0.2) is 122 Å². The predicted molar refractivity (Wildman–Crippen MR) is 362 cm³/mol. The Morgan fingerprint density at radius 2 is 0.494 bits per heavy atom. The second-order valence-electron chi connectivity index (χ2n) is 23.1. The predicted octanol–water partition coefficient (Wildman–Crippen LogP) is 24.3. The molecule has 0 heterocycles. The number of hydrogen-bond acceptors (Lipinski definition) is 6. The standard InChI is InChI=1S/C77H130O6/c1-4-7-10-13-16-19-22-25-27-29-31-33-34-35-36-37-38-39-40-41-42-44-45-47-49-52-55-58-61-64-67-70-76(79)82-73-74(72-81-75(78)69-66-63-60-57-54-51-24-21-18-15-12-9-6-3)83-77(80)71-68-65-62-59-56-53-50-48-46-43-32-30-28-26-23-20-17-14-11-8-5-2/h7,10,12,15-16,19,21,23-27,30-33,35-36,38-39,74H,4-6,8-9,11,13-14,17-18,20,22,28-29,34,37,40-73H2,1-3H3/b10-7-,15-12-,19-16-,24-21-,26-23-,27-25-,32-30-,33-31-,36-35-,39-38-. The van der Waals surface area contributed by atoms with Gasteiger partial charge in [-0.05, 0) is 128 Å². The largest absolute Gasteiger partial charge is 0.462 e. The molecule has 0 fully saturated rings. The molecule has 0 spiro atoms. The first-order chi connectivity index (χ1) is 41.0. The van der Waals surface area contributed by atoms with E-state index < -0.39 is 6.10 Å². The molecule has 1 unspecified atom stereocenters. The van der Waals surface area contributed by atoms with Gasteiger partial charge in [-0.3, -0.25) is 14.4 Å². The summed E-state index contributed by atoms with van der Waals surface area (Å²) in [5, 5.41) is 0. The average molecular weight is 1150 g/mol. The van der Waals surface area contributed by atoms with E-state index in [0.29, 0.717) is 19.3 Å². The van der Waals surface area contributed by atoms with E-state index in [0.717, 1.165) is 135 Å². The van der Waals surface area contributed by atoms with Gasteiger partial charge in [-0.2, -0.15) is 0 Å². The van der Waals surface area contributed by atoms with E-state index in [2.05, 4.69) is 142 Å². The van der Waals surface area contributed by atoms with Gasteiger partial charge in [0.25, 0.3) is 0 Å². The summed E-state index contributed by atoms with van der Waals surface area (Å²) in [6.45, 7) is 6.46. The Hall–Kier alpha value is -4.19. The fourth-order valence-corrected chi connectivity index (χ4v) is 9.69. The van der Waals surface area contributed by atoms with Crippen LogP contribution >= 0.6 is 0 Å². The maximum absolute atomic E-state index is 12.9. The Bertz CT molecular complexity index is 1700. The maximum atomic E-state index is 12.9. The van der Waals surface area contributed by atoms with Crippen LogP contribution in [-0.4, -0.2) is 37.2 Å². The van der Waals surface area contributed by atoms with Crippen molar-refractivity contribution in [2.24, 2.45) is 0 Å². The molecule has 0 rings (SSSR count). The molecule has 0 radical (unpaired) electrons. The minimum atomic E-state index is -0.791. The van der Waals surface area contributed by atoms with Gasteiger partial charge in [-0.1, -0.05) is 303 Å². The first kappa shape index (κ1) is 78.8. The quantitative estimate of drug-likeness (QED) is 0.0261. The summed E-state index contributed by atoms with van der Waals surface area (Å²) in [7, 11) is 0. The van der Waals surface area contributed by atoms with Crippen molar-refractivity contribution in [1.29, 1.82) is 0 Å². The second kappa shape index (κ2) is 70.3. The van der Waals surface area contributed by atoms with Gasteiger partial charge in [0.2, 0.25) is 0 Å². The molecule has 6 nitrogen and oxygen atoms in total. The van der Waals surface area contributed by atoms with Crippen LogP contribution in [0.5, 0.6) is 0 Å². The Kier molecular flexibility index (Phi) is 66.7. The van der Waals surface area contributed by atoms with E-state index in [1.807, 2.05) is 0 Å². The molecule has 0 aliphatic rings. The van der Waals surface area contributed by atoms with Crippen molar-refractivity contribution in [2.45, 2.75) is 335 Å². The van der Waals surface area contributed by atoms with Gasteiger partial charge in [-0.15, -0.1) is 0 Å². The normalized spacial score (nSPS) is 12.9. The van der Waals surface area contributed by atoms with Crippen LogP contribution in [0.4, 0.5) is 0 Å². The molecule has 0 aromatic heterocycles. The molecule has 0 amide bonds. The fourth-order valence-electron chi connectivity index (χ4n) is 9.69. The average Bonchev–Trinajstić information content (AvgIpc) is 3.49. The smallest absolute Gasteiger partial charge is 0.306 e. The Balaban J connectivity index is 4.28. The Labute approximate surface area is 513 Å². The van der Waals surface area contributed by atoms with E-state index >= 15 is 0 Å². The summed E-state index contributed by atoms with van der Waals surface area (Å²) in [4.78, 5) is 38.4. The SMILES string of the molecule is CC/C=C\C/C=C\C/C=C\C/C=C\C/C=C\C/C=C\CCCCCCCCCCCCCCC(=O)OCC(COC(=O)CCCCCCC/C=C\C/C=C\CCC)OC(=O)CCCCCCCCCCC/C=C\C/C=C\CCCCCCC. The molecular weight excluding hydrogens is 1020 g/mol. The summed E-state index contributed by atoms with van der Waals surface area (Å²) in [5.41, 5.74) is 0. The zero-order chi connectivity index (χ0) is 59.9. The molecule has 0 aliphatic carbocycles. The number of hydrogen-bond donors (Lipinski definition) is 0. The van der Waals surface area contributed by atoms with Gasteiger partial charge in [0.1, 0.15) is 13.2 Å². The first-order valence-corrected chi connectivity index (χ1v) is 35.0. The lowest BCUT2D eigenvalue weighted by Crippen LogP contribution is -2.30. The van der Waals surface area contributed by atoms with Gasteiger partial charge in [0, 0.05) is 19.3 Å². The minimum Gasteiger partial charge on any atom is -0.462 e. The van der Waals surface area contributed by atoms with Gasteiger partial charge in [0.15, 0.2) is 6.10 Å². The van der Waals surface area contributed by atoms with Crippen molar-refractivity contribution < 1.29 is 28.6 Å². The molecule has 0 N–H and O–H groups in total. The van der Waals surface area contributed by atoms with E-state index in [1.165, 1.54) is 154 Å². The highest BCUT2D eigenvalue weighted by Crippen LogP contribution is 2.16. The lowest BCUT2D eigenvalue weighted by molar-refractivity contribution is -0.167. The van der Waals surface area contributed by atoms with E-state index in [9.17, 15) is 14.4 Å². The summed E-state index contributed by atoms with van der Waals surface area (Å²) < 4.78 is 17.0. The van der Waals surface area contributed by atoms with Crippen molar-refractivity contribution in [3.8, 4) is 0 Å². The molecule has 6 heteroatoms. The van der Waals surface area contributed by atoms with Crippen LogP contribution in [0.1, 0.15) is 329 Å². The topological polar surface area (TPSA) is 78.9 Å². The number of unbranched alkanes of at least 4 members (excludes halogenated alkanes) is 32. The van der Waals surface area contributed by atoms with Crippen molar-refractivity contribution in [3.63, 3.8) is 0 Å². The number of rotatable bonds is 63. The van der Waals surface area contributed by atoms with Crippen LogP contribution < -0.4 is 0 Å². The number of allylic oxidation sites excluding steroid dienone is 20. The van der Waals surface area contributed by atoms with Crippen LogP contribution in [-0.2, 0) is 28.6 Å². The van der Waals surface area contributed by atoms with Crippen molar-refractivity contribution in [2.75, 3.05) is 13.2 Å². The summed E-state index contributed by atoms with van der Waals surface area (Å²) in [5.74, 6) is -0.896. The third-order valence-corrected chi connectivity index (χ3v) is 14.9. The highest BCUT2D eigenvalue weighted by atomic mass is 16.6. The fraction of sp³-hybridized carbons (Fsp3) is 0.701. The summed E-state index contributed by atoms with van der Waals surface area (Å²) >= 11 is 0. The molecule has 0 aliphatic heterocycles. The van der Waals surface area contributed by atoms with E-state index in [1.54, 1.807) is 0 Å². The summed E-state index contributed by atoms with van der Waals surface area (Å²) in [6.07, 6.45) is 97.9. The maximum Gasteiger partial charge on any atom is 0.306 e. The highest BCUT2D eigenvalue weighted by Gasteiger charge is 2.19. The monoisotopic (exact) mass is 1150 g/mol. The van der Waals surface area contributed by atoms with Crippen LogP contribution in [0.25, 0.3) is 0 Å². The zero-order valence-corrected chi connectivity index (χ0v) is 54.4. The lowest BCUT2D eigenvalue weighted by Gasteiger charge is -2.18. The first-order valence-electron chi connectivity index (χ1n) is 35.0. The molecule has 0 saturated heterocycles. The van der Waals surface area contributed by atoms with Gasteiger partial charge < -0.3 is 14.2 Å². The van der Waals surface area contributed by atoms with Crippen LogP contribution in [0, 0.1) is 0 Å². The molecule has 0 aromatic rings. The summed E-state index contributed by atoms with van der Waals surface area (Å²) in [6, 6.07) is 0. The third-order valence-electron chi connectivity index (χ3n) is 14.9. The number of ether oxygens (including phenoxy) is 3. The second-order valence-corrected chi connectivity index (χ2v) is 23.1.